The van der Waals surface area contributed by atoms with E-state index >= 15 is 0 Å². The highest BCUT2D eigenvalue weighted by molar-refractivity contribution is 7.80. The maximum atomic E-state index is 5.13. The summed E-state index contributed by atoms with van der Waals surface area (Å²) in [6.07, 6.45) is 2.46. The molecule has 14 heavy (non-hydrogen) atoms. The van der Waals surface area contributed by atoms with Gasteiger partial charge in [-0.3, -0.25) is 0 Å². The fourth-order valence-electron chi connectivity index (χ4n) is 1.07. The zero-order valence-electron chi connectivity index (χ0n) is 9.89. The van der Waals surface area contributed by atoms with Crippen molar-refractivity contribution in [2.45, 2.75) is 40.5 Å². The average Bonchev–Trinajstić information content (AvgIpc) is 2.08. The van der Waals surface area contributed by atoms with E-state index in [0.29, 0.717) is 5.92 Å². The minimum absolute atomic E-state index is 0.644. The first-order valence-electron chi connectivity index (χ1n) is 5.54. The normalized spacial score (nSPS) is 10.7. The number of hydrogen-bond acceptors (Lipinski definition) is 1. The first-order valence-corrected chi connectivity index (χ1v) is 5.95. The molecular formula is C11H24N2S. The third kappa shape index (κ3) is 9.78. The van der Waals surface area contributed by atoms with Crippen LogP contribution < -0.4 is 10.6 Å². The van der Waals surface area contributed by atoms with Crippen LogP contribution in [0.5, 0.6) is 0 Å². The van der Waals surface area contributed by atoms with Crippen molar-refractivity contribution >= 4 is 17.3 Å². The summed E-state index contributed by atoms with van der Waals surface area (Å²) in [5, 5.41) is 7.20. The molecule has 84 valence electrons. The summed E-state index contributed by atoms with van der Waals surface area (Å²) >= 11 is 5.13. The van der Waals surface area contributed by atoms with E-state index in [1.165, 1.54) is 12.8 Å². The molecule has 0 fully saturated rings. The van der Waals surface area contributed by atoms with Crippen molar-refractivity contribution in [3.05, 3.63) is 0 Å². The van der Waals surface area contributed by atoms with Crippen molar-refractivity contribution in [1.29, 1.82) is 0 Å². The summed E-state index contributed by atoms with van der Waals surface area (Å²) in [7, 11) is 0. The topological polar surface area (TPSA) is 24.1 Å². The van der Waals surface area contributed by atoms with Crippen LogP contribution in [0.1, 0.15) is 40.5 Å². The molecule has 0 heterocycles. The summed E-state index contributed by atoms with van der Waals surface area (Å²) in [5.74, 6) is 1.43. The highest BCUT2D eigenvalue weighted by Crippen LogP contribution is 2.01. The maximum Gasteiger partial charge on any atom is 0.166 e. The number of nitrogens with one attached hydrogen (secondary N) is 2. The predicted molar refractivity (Wildman–Crippen MR) is 67.5 cm³/mol. The second-order valence-corrected chi connectivity index (χ2v) is 4.97. The fourth-order valence-corrected chi connectivity index (χ4v) is 1.26. The van der Waals surface area contributed by atoms with E-state index in [2.05, 4.69) is 38.3 Å². The van der Waals surface area contributed by atoms with Gasteiger partial charge < -0.3 is 10.6 Å². The van der Waals surface area contributed by atoms with Crippen LogP contribution in [0.15, 0.2) is 0 Å². The van der Waals surface area contributed by atoms with E-state index in [9.17, 15) is 0 Å². The molecule has 0 saturated heterocycles. The highest BCUT2D eigenvalue weighted by atomic mass is 32.1. The predicted octanol–water partition coefficient (Wildman–Crippen LogP) is 2.54. The monoisotopic (exact) mass is 216 g/mol. The summed E-state index contributed by atoms with van der Waals surface area (Å²) in [6, 6.07) is 0. The van der Waals surface area contributed by atoms with Gasteiger partial charge in [0.2, 0.25) is 0 Å². The Morgan fingerprint density at radius 2 is 1.71 bits per heavy atom. The van der Waals surface area contributed by atoms with Crippen LogP contribution in [0.3, 0.4) is 0 Å². The summed E-state index contributed by atoms with van der Waals surface area (Å²) in [6.45, 7) is 10.8. The molecule has 0 atom stereocenters. The minimum atomic E-state index is 0.644. The molecule has 0 unspecified atom stereocenters. The first kappa shape index (κ1) is 13.7. The molecule has 0 bridgehead atoms. The molecular weight excluding hydrogens is 192 g/mol. The quantitative estimate of drug-likeness (QED) is 0.527. The molecule has 0 aromatic rings. The average molecular weight is 216 g/mol. The van der Waals surface area contributed by atoms with Crippen molar-refractivity contribution in [2.24, 2.45) is 11.8 Å². The lowest BCUT2D eigenvalue weighted by molar-refractivity contribution is 0.548. The second-order valence-electron chi connectivity index (χ2n) is 4.57. The Hall–Kier alpha value is -0.310. The van der Waals surface area contributed by atoms with Gasteiger partial charge in [-0.05, 0) is 36.9 Å². The maximum absolute atomic E-state index is 5.13. The van der Waals surface area contributed by atoms with Gasteiger partial charge in [0.05, 0.1) is 0 Å². The summed E-state index contributed by atoms with van der Waals surface area (Å²) in [5.41, 5.74) is 0. The standard InChI is InChI=1S/C11H24N2S/c1-9(2)6-5-7-12-11(14)13-8-10(3)4/h9-10H,5-8H2,1-4H3,(H2,12,13,14). The van der Waals surface area contributed by atoms with Crippen LogP contribution in [0.4, 0.5) is 0 Å². The Labute approximate surface area is 93.8 Å². The Bertz CT molecular complexity index is 155. The lowest BCUT2D eigenvalue weighted by Gasteiger charge is -2.12. The van der Waals surface area contributed by atoms with E-state index in [1.54, 1.807) is 0 Å². The molecule has 0 amide bonds. The molecule has 2 nitrogen and oxygen atoms in total. The Kier molecular flexibility index (Phi) is 7.86. The zero-order valence-corrected chi connectivity index (χ0v) is 10.7. The molecule has 0 spiro atoms. The molecule has 0 aromatic carbocycles. The van der Waals surface area contributed by atoms with Crippen molar-refractivity contribution in [3.8, 4) is 0 Å². The number of rotatable bonds is 6. The van der Waals surface area contributed by atoms with E-state index in [4.69, 9.17) is 12.2 Å². The molecule has 0 radical (unpaired) electrons. The van der Waals surface area contributed by atoms with Crippen molar-refractivity contribution in [3.63, 3.8) is 0 Å². The van der Waals surface area contributed by atoms with Gasteiger partial charge in [0.25, 0.3) is 0 Å². The molecule has 0 aromatic heterocycles. The van der Waals surface area contributed by atoms with Gasteiger partial charge >= 0.3 is 0 Å². The lowest BCUT2D eigenvalue weighted by atomic mass is 10.1. The molecule has 0 aliphatic rings. The van der Waals surface area contributed by atoms with Crippen LogP contribution in [0.25, 0.3) is 0 Å². The molecule has 0 aliphatic carbocycles. The molecule has 0 rings (SSSR count). The second kappa shape index (κ2) is 8.04. The van der Waals surface area contributed by atoms with Gasteiger partial charge in [0.1, 0.15) is 0 Å². The van der Waals surface area contributed by atoms with Crippen LogP contribution in [-0.2, 0) is 0 Å². The molecule has 3 heteroatoms. The minimum Gasteiger partial charge on any atom is -0.363 e. The van der Waals surface area contributed by atoms with Crippen LogP contribution >= 0.6 is 12.2 Å². The summed E-state index contributed by atoms with van der Waals surface area (Å²) < 4.78 is 0. The van der Waals surface area contributed by atoms with Gasteiger partial charge in [-0.2, -0.15) is 0 Å². The lowest BCUT2D eigenvalue weighted by Crippen LogP contribution is -2.37. The van der Waals surface area contributed by atoms with E-state index in [0.717, 1.165) is 24.1 Å². The van der Waals surface area contributed by atoms with Crippen molar-refractivity contribution < 1.29 is 0 Å². The summed E-state index contributed by atoms with van der Waals surface area (Å²) in [4.78, 5) is 0. The van der Waals surface area contributed by atoms with Crippen molar-refractivity contribution in [2.75, 3.05) is 13.1 Å². The van der Waals surface area contributed by atoms with Gasteiger partial charge in [-0.1, -0.05) is 27.7 Å². The largest absolute Gasteiger partial charge is 0.363 e. The van der Waals surface area contributed by atoms with Gasteiger partial charge in [-0.15, -0.1) is 0 Å². The van der Waals surface area contributed by atoms with E-state index < -0.39 is 0 Å². The van der Waals surface area contributed by atoms with Gasteiger partial charge in [-0.25, -0.2) is 0 Å². The van der Waals surface area contributed by atoms with Crippen molar-refractivity contribution in [1.82, 2.24) is 10.6 Å². The number of hydrogen-bond donors (Lipinski definition) is 2. The zero-order chi connectivity index (χ0) is 11.0. The smallest absolute Gasteiger partial charge is 0.166 e. The molecule has 0 aliphatic heterocycles. The first-order chi connectivity index (χ1) is 6.52. The van der Waals surface area contributed by atoms with E-state index in [-0.39, 0.29) is 0 Å². The van der Waals surface area contributed by atoms with Gasteiger partial charge in [0.15, 0.2) is 5.11 Å². The third-order valence-electron chi connectivity index (χ3n) is 1.91. The molecule has 2 N–H and O–H groups in total. The van der Waals surface area contributed by atoms with Gasteiger partial charge in [0, 0.05) is 13.1 Å². The Morgan fingerprint density at radius 1 is 1.07 bits per heavy atom. The Balaban J connectivity index is 3.27. The Morgan fingerprint density at radius 3 is 2.21 bits per heavy atom. The van der Waals surface area contributed by atoms with Crippen LogP contribution in [0, 0.1) is 11.8 Å². The molecule has 0 saturated carbocycles. The van der Waals surface area contributed by atoms with Crippen LogP contribution in [-0.4, -0.2) is 18.2 Å². The fraction of sp³-hybridized carbons (Fsp3) is 0.909. The van der Waals surface area contributed by atoms with Crippen LogP contribution in [0.2, 0.25) is 0 Å². The SMILES string of the molecule is CC(C)CCCNC(=S)NCC(C)C. The highest BCUT2D eigenvalue weighted by Gasteiger charge is 1.97. The van der Waals surface area contributed by atoms with E-state index in [1.807, 2.05) is 0 Å². The third-order valence-corrected chi connectivity index (χ3v) is 2.20. The number of thiocarbonyl (C=S) groups is 1.